The average molecular weight is 336 g/mol. The summed E-state index contributed by atoms with van der Waals surface area (Å²) >= 11 is 0. The van der Waals surface area contributed by atoms with E-state index < -0.39 is 0 Å². The maximum atomic E-state index is 12.7. The van der Waals surface area contributed by atoms with Crippen LogP contribution in [0.4, 0.5) is 0 Å². The monoisotopic (exact) mass is 336 g/mol. The van der Waals surface area contributed by atoms with Crippen molar-refractivity contribution in [1.82, 2.24) is 19.9 Å². The third-order valence-electron chi connectivity index (χ3n) is 4.84. The fourth-order valence-corrected chi connectivity index (χ4v) is 3.45. The summed E-state index contributed by atoms with van der Waals surface area (Å²) in [5.74, 6) is 1.47. The van der Waals surface area contributed by atoms with Crippen molar-refractivity contribution in [3.63, 3.8) is 0 Å². The molecule has 132 valence electrons. The molecule has 8 nitrogen and oxygen atoms in total. The van der Waals surface area contributed by atoms with E-state index in [1.54, 1.807) is 18.9 Å². The first kappa shape index (κ1) is 16.9. The molecule has 2 fully saturated rings. The summed E-state index contributed by atoms with van der Waals surface area (Å²) in [6.07, 6.45) is 1.98. The minimum atomic E-state index is -0.224. The summed E-state index contributed by atoms with van der Waals surface area (Å²) in [5.41, 5.74) is 0. The largest absolute Gasteiger partial charge is 0.383 e. The van der Waals surface area contributed by atoms with E-state index in [0.29, 0.717) is 45.1 Å². The Kier molecular flexibility index (Phi) is 5.13. The molecule has 0 aliphatic carbocycles. The van der Waals surface area contributed by atoms with Gasteiger partial charge >= 0.3 is 0 Å². The van der Waals surface area contributed by atoms with E-state index in [9.17, 15) is 9.59 Å². The molecule has 1 atom stereocenters. The lowest BCUT2D eigenvalue weighted by Crippen LogP contribution is -2.42. The zero-order valence-corrected chi connectivity index (χ0v) is 14.2. The first-order valence-corrected chi connectivity index (χ1v) is 8.44. The molecular weight excluding hydrogens is 312 g/mol. The Hall–Kier alpha value is -1.96. The Morgan fingerprint density at radius 1 is 1.38 bits per heavy atom. The van der Waals surface area contributed by atoms with Crippen LogP contribution in [0.1, 0.15) is 36.9 Å². The highest BCUT2D eigenvalue weighted by Gasteiger charge is 2.37. The first-order valence-electron chi connectivity index (χ1n) is 8.44. The van der Waals surface area contributed by atoms with Gasteiger partial charge in [0.15, 0.2) is 5.82 Å². The number of carbonyl (C=O) groups excluding carboxylic acids is 2. The highest BCUT2D eigenvalue weighted by molar-refractivity contribution is 5.89. The molecule has 0 aromatic carbocycles. The molecule has 2 saturated heterocycles. The van der Waals surface area contributed by atoms with Gasteiger partial charge in [-0.25, -0.2) is 0 Å². The summed E-state index contributed by atoms with van der Waals surface area (Å²) in [6, 6.07) is 0. The van der Waals surface area contributed by atoms with E-state index in [1.165, 1.54) is 0 Å². The van der Waals surface area contributed by atoms with Crippen LogP contribution in [0.25, 0.3) is 0 Å². The number of hydrogen-bond acceptors (Lipinski definition) is 6. The molecule has 0 saturated carbocycles. The van der Waals surface area contributed by atoms with E-state index >= 15 is 0 Å². The number of amides is 2. The van der Waals surface area contributed by atoms with Gasteiger partial charge in [0.05, 0.1) is 12.5 Å². The van der Waals surface area contributed by atoms with Crippen LogP contribution in [0.2, 0.25) is 0 Å². The third-order valence-corrected chi connectivity index (χ3v) is 4.84. The van der Waals surface area contributed by atoms with Crippen LogP contribution in [0, 0.1) is 12.8 Å². The van der Waals surface area contributed by atoms with Crippen LogP contribution in [0.3, 0.4) is 0 Å². The fourth-order valence-electron chi connectivity index (χ4n) is 3.45. The topological polar surface area (TPSA) is 88.8 Å². The number of carbonyl (C=O) groups is 2. The van der Waals surface area contributed by atoms with Crippen molar-refractivity contribution in [3.8, 4) is 0 Å². The van der Waals surface area contributed by atoms with Gasteiger partial charge in [0.1, 0.15) is 0 Å². The number of methoxy groups -OCH3 is 1. The van der Waals surface area contributed by atoms with Crippen LogP contribution in [-0.2, 0) is 14.3 Å². The van der Waals surface area contributed by atoms with Crippen molar-refractivity contribution >= 4 is 11.8 Å². The molecule has 1 aromatic rings. The van der Waals surface area contributed by atoms with Crippen LogP contribution >= 0.6 is 0 Å². The zero-order chi connectivity index (χ0) is 17.1. The summed E-state index contributed by atoms with van der Waals surface area (Å²) < 4.78 is 10.0. The molecule has 1 aromatic heterocycles. The predicted molar refractivity (Wildman–Crippen MR) is 84.2 cm³/mol. The molecule has 0 N–H and O–H groups in total. The summed E-state index contributed by atoms with van der Waals surface area (Å²) in [5, 5.41) is 3.98. The SMILES string of the molecule is COCCN1CC(C(=O)N2CCC(c3noc(C)n3)CC2)CC1=O. The molecule has 3 rings (SSSR count). The lowest BCUT2D eigenvalue weighted by molar-refractivity contribution is -0.136. The van der Waals surface area contributed by atoms with Gasteiger partial charge in [-0.1, -0.05) is 5.16 Å². The molecule has 24 heavy (non-hydrogen) atoms. The number of rotatable bonds is 5. The quantitative estimate of drug-likeness (QED) is 0.781. The van der Waals surface area contributed by atoms with E-state index in [-0.39, 0.29) is 23.7 Å². The number of likely N-dealkylation sites (tertiary alicyclic amines) is 2. The Bertz CT molecular complexity index is 595. The second kappa shape index (κ2) is 7.29. The lowest BCUT2D eigenvalue weighted by Gasteiger charge is -2.32. The summed E-state index contributed by atoms with van der Waals surface area (Å²) in [6.45, 7) is 4.70. The maximum Gasteiger partial charge on any atom is 0.227 e. The molecule has 3 heterocycles. The highest BCUT2D eigenvalue weighted by Crippen LogP contribution is 2.28. The van der Waals surface area contributed by atoms with Crippen LogP contribution in [0.5, 0.6) is 0 Å². The summed E-state index contributed by atoms with van der Waals surface area (Å²) in [4.78, 5) is 32.6. The van der Waals surface area contributed by atoms with Crippen LogP contribution in [-0.4, -0.2) is 71.7 Å². The van der Waals surface area contributed by atoms with Crippen molar-refractivity contribution in [2.45, 2.75) is 32.1 Å². The van der Waals surface area contributed by atoms with E-state index in [0.717, 1.165) is 18.7 Å². The van der Waals surface area contributed by atoms with Gasteiger partial charge in [-0.2, -0.15) is 4.98 Å². The number of aromatic nitrogens is 2. The van der Waals surface area contributed by atoms with Gasteiger partial charge in [0, 0.05) is 52.6 Å². The normalized spacial score (nSPS) is 22.4. The van der Waals surface area contributed by atoms with E-state index in [1.807, 2.05) is 4.90 Å². The molecule has 0 spiro atoms. The van der Waals surface area contributed by atoms with Gasteiger partial charge < -0.3 is 19.1 Å². The Labute approximate surface area is 141 Å². The molecular formula is C16H24N4O4. The maximum absolute atomic E-state index is 12.7. The number of ether oxygens (including phenoxy) is 1. The van der Waals surface area contributed by atoms with Crippen molar-refractivity contribution in [2.75, 3.05) is 39.9 Å². The third kappa shape index (κ3) is 3.58. The number of piperidine rings is 1. The van der Waals surface area contributed by atoms with Crippen molar-refractivity contribution in [2.24, 2.45) is 5.92 Å². The standard InChI is InChI=1S/C16H24N4O4/c1-11-17-15(18-24-11)12-3-5-19(6-4-12)16(22)13-9-14(21)20(10-13)7-8-23-2/h12-13H,3-10H2,1-2H3. The van der Waals surface area contributed by atoms with Gasteiger partial charge in [0.2, 0.25) is 17.7 Å². The Balaban J connectivity index is 1.51. The minimum Gasteiger partial charge on any atom is -0.383 e. The van der Waals surface area contributed by atoms with Gasteiger partial charge in [-0.3, -0.25) is 9.59 Å². The average Bonchev–Trinajstić information content (AvgIpc) is 3.18. The highest BCUT2D eigenvalue weighted by atomic mass is 16.5. The fraction of sp³-hybridized carbons (Fsp3) is 0.750. The minimum absolute atomic E-state index is 0.0440. The van der Waals surface area contributed by atoms with Gasteiger partial charge in [0.25, 0.3) is 0 Å². The second-order valence-electron chi connectivity index (χ2n) is 6.50. The van der Waals surface area contributed by atoms with E-state index in [4.69, 9.17) is 9.26 Å². The number of hydrogen-bond donors (Lipinski definition) is 0. The Morgan fingerprint density at radius 3 is 2.75 bits per heavy atom. The van der Waals surface area contributed by atoms with Crippen LogP contribution in [0.15, 0.2) is 4.52 Å². The lowest BCUT2D eigenvalue weighted by atomic mass is 9.95. The molecule has 2 aliphatic rings. The summed E-state index contributed by atoms with van der Waals surface area (Å²) in [7, 11) is 1.61. The first-order chi connectivity index (χ1) is 11.6. The van der Waals surface area contributed by atoms with Crippen molar-refractivity contribution < 1.29 is 18.8 Å². The second-order valence-corrected chi connectivity index (χ2v) is 6.50. The number of aryl methyl sites for hydroxylation is 1. The molecule has 8 heteroatoms. The molecule has 0 bridgehead atoms. The van der Waals surface area contributed by atoms with Crippen molar-refractivity contribution in [1.29, 1.82) is 0 Å². The smallest absolute Gasteiger partial charge is 0.227 e. The van der Waals surface area contributed by atoms with E-state index in [2.05, 4.69) is 10.1 Å². The van der Waals surface area contributed by atoms with Crippen LogP contribution < -0.4 is 0 Å². The van der Waals surface area contributed by atoms with Gasteiger partial charge in [-0.15, -0.1) is 0 Å². The van der Waals surface area contributed by atoms with Gasteiger partial charge in [-0.05, 0) is 12.8 Å². The Morgan fingerprint density at radius 2 is 2.12 bits per heavy atom. The predicted octanol–water partition coefficient (Wildman–Crippen LogP) is 0.579. The van der Waals surface area contributed by atoms with Crippen molar-refractivity contribution in [3.05, 3.63) is 11.7 Å². The zero-order valence-electron chi connectivity index (χ0n) is 14.2. The molecule has 2 amide bonds. The number of nitrogens with zero attached hydrogens (tertiary/aromatic N) is 4. The molecule has 2 aliphatic heterocycles. The molecule has 1 unspecified atom stereocenters. The molecule has 0 radical (unpaired) electrons.